The highest BCUT2D eigenvalue weighted by atomic mass is 16.5. The predicted molar refractivity (Wildman–Crippen MR) is 94.5 cm³/mol. The molecule has 4 heteroatoms. The number of para-hydroxylation sites is 1. The topological polar surface area (TPSA) is 55.4 Å². The van der Waals surface area contributed by atoms with Gasteiger partial charge in [0.1, 0.15) is 5.75 Å². The Morgan fingerprint density at radius 3 is 2.42 bits per heavy atom. The van der Waals surface area contributed by atoms with E-state index in [0.717, 1.165) is 16.9 Å². The number of carbonyl (C=O) groups is 2. The first kappa shape index (κ1) is 17.7. The van der Waals surface area contributed by atoms with Gasteiger partial charge in [-0.15, -0.1) is 0 Å². The number of nitrogens with one attached hydrogen (secondary N) is 1. The van der Waals surface area contributed by atoms with E-state index in [1.54, 1.807) is 19.2 Å². The molecule has 1 N–H and O–H groups in total. The minimum absolute atomic E-state index is 0.00474. The molecule has 0 aliphatic rings. The summed E-state index contributed by atoms with van der Waals surface area (Å²) < 4.78 is 5.28. The van der Waals surface area contributed by atoms with Crippen LogP contribution in [0.1, 0.15) is 34.3 Å². The van der Waals surface area contributed by atoms with Gasteiger partial charge in [0.15, 0.2) is 5.78 Å². The van der Waals surface area contributed by atoms with Crippen LogP contribution in [-0.4, -0.2) is 25.3 Å². The van der Waals surface area contributed by atoms with Crippen molar-refractivity contribution in [3.05, 3.63) is 65.2 Å². The molecule has 2 rings (SSSR count). The molecule has 0 saturated heterocycles. The number of ether oxygens (including phenoxy) is 1. The summed E-state index contributed by atoms with van der Waals surface area (Å²) in [6.07, 6.45) is 1.13. The maximum Gasteiger partial charge on any atom is 0.220 e. The summed E-state index contributed by atoms with van der Waals surface area (Å²) in [6, 6.07) is 15.1. The molecule has 0 fully saturated rings. The highest BCUT2D eigenvalue weighted by Crippen LogP contribution is 2.17. The smallest absolute Gasteiger partial charge is 0.220 e. The molecule has 1 amide bonds. The van der Waals surface area contributed by atoms with Crippen molar-refractivity contribution in [2.75, 3.05) is 13.7 Å². The molecule has 24 heavy (non-hydrogen) atoms. The SMILES string of the molecule is COc1ccccc1CCNC(=O)CCC(=O)c1ccc(C)cc1. The van der Waals surface area contributed by atoms with Gasteiger partial charge in [0.05, 0.1) is 7.11 Å². The molecule has 0 aliphatic carbocycles. The summed E-state index contributed by atoms with van der Waals surface area (Å²) in [5, 5.41) is 2.85. The van der Waals surface area contributed by atoms with Crippen molar-refractivity contribution in [3.63, 3.8) is 0 Å². The first-order chi connectivity index (χ1) is 11.6. The Bertz CT molecular complexity index is 692. The highest BCUT2D eigenvalue weighted by Gasteiger charge is 2.09. The fraction of sp³-hybridized carbons (Fsp3) is 0.300. The van der Waals surface area contributed by atoms with Crippen LogP contribution in [0.2, 0.25) is 0 Å². The van der Waals surface area contributed by atoms with Crippen LogP contribution in [0.15, 0.2) is 48.5 Å². The molecule has 0 radical (unpaired) electrons. The Morgan fingerprint density at radius 2 is 1.71 bits per heavy atom. The number of carbonyl (C=O) groups excluding carboxylic acids is 2. The largest absolute Gasteiger partial charge is 0.496 e. The first-order valence-electron chi connectivity index (χ1n) is 8.08. The minimum Gasteiger partial charge on any atom is -0.496 e. The molecule has 126 valence electrons. The Balaban J connectivity index is 1.73. The van der Waals surface area contributed by atoms with E-state index in [-0.39, 0.29) is 24.5 Å². The predicted octanol–water partition coefficient (Wildman–Crippen LogP) is 3.33. The molecule has 2 aromatic carbocycles. The third-order valence-electron chi connectivity index (χ3n) is 3.86. The van der Waals surface area contributed by atoms with E-state index in [1.807, 2.05) is 43.3 Å². The number of rotatable bonds is 8. The number of hydrogen-bond donors (Lipinski definition) is 1. The summed E-state index contributed by atoms with van der Waals surface area (Å²) in [6.45, 7) is 2.50. The van der Waals surface area contributed by atoms with E-state index in [2.05, 4.69) is 5.32 Å². The number of Topliss-reactive ketones (excluding diaryl/α,β-unsaturated/α-hetero) is 1. The molecular formula is C20H23NO3. The van der Waals surface area contributed by atoms with Crippen molar-refractivity contribution in [1.29, 1.82) is 0 Å². The normalized spacial score (nSPS) is 10.2. The third-order valence-corrected chi connectivity index (χ3v) is 3.86. The first-order valence-corrected chi connectivity index (χ1v) is 8.08. The van der Waals surface area contributed by atoms with E-state index in [0.29, 0.717) is 18.5 Å². The Kier molecular flexibility index (Phi) is 6.55. The third kappa shape index (κ3) is 5.23. The summed E-state index contributed by atoms with van der Waals surface area (Å²) in [5.74, 6) is 0.710. The fourth-order valence-electron chi connectivity index (χ4n) is 2.45. The monoisotopic (exact) mass is 325 g/mol. The van der Waals surface area contributed by atoms with Crippen LogP contribution in [0, 0.1) is 6.92 Å². The van der Waals surface area contributed by atoms with Crippen molar-refractivity contribution < 1.29 is 14.3 Å². The molecule has 0 aliphatic heterocycles. The van der Waals surface area contributed by atoms with Gasteiger partial charge in [0.2, 0.25) is 5.91 Å². The van der Waals surface area contributed by atoms with Gasteiger partial charge in [-0.05, 0) is 25.0 Å². The van der Waals surface area contributed by atoms with E-state index >= 15 is 0 Å². The van der Waals surface area contributed by atoms with Crippen LogP contribution >= 0.6 is 0 Å². The lowest BCUT2D eigenvalue weighted by atomic mass is 10.0. The molecule has 0 heterocycles. The van der Waals surface area contributed by atoms with E-state index in [4.69, 9.17) is 4.74 Å². The second-order valence-electron chi connectivity index (χ2n) is 5.70. The van der Waals surface area contributed by atoms with Gasteiger partial charge < -0.3 is 10.1 Å². The van der Waals surface area contributed by atoms with Crippen molar-refractivity contribution in [3.8, 4) is 5.75 Å². The van der Waals surface area contributed by atoms with Crippen LogP contribution in [0.3, 0.4) is 0 Å². The molecule has 0 atom stereocenters. The minimum atomic E-state index is -0.106. The van der Waals surface area contributed by atoms with Gasteiger partial charge in [-0.2, -0.15) is 0 Å². The van der Waals surface area contributed by atoms with Crippen LogP contribution in [-0.2, 0) is 11.2 Å². The zero-order chi connectivity index (χ0) is 17.4. The van der Waals surface area contributed by atoms with Crippen LogP contribution in [0.4, 0.5) is 0 Å². The molecule has 0 unspecified atom stereocenters. The second-order valence-corrected chi connectivity index (χ2v) is 5.70. The van der Waals surface area contributed by atoms with Crippen molar-refractivity contribution in [2.24, 2.45) is 0 Å². The summed E-state index contributed by atoms with van der Waals surface area (Å²) in [4.78, 5) is 23.9. The van der Waals surface area contributed by atoms with Crippen molar-refractivity contribution >= 4 is 11.7 Å². The molecule has 2 aromatic rings. The summed E-state index contributed by atoms with van der Waals surface area (Å²) in [5.41, 5.74) is 2.82. The number of amides is 1. The number of hydrogen-bond acceptors (Lipinski definition) is 3. The summed E-state index contributed by atoms with van der Waals surface area (Å²) >= 11 is 0. The van der Waals surface area contributed by atoms with Crippen LogP contribution < -0.4 is 10.1 Å². The quantitative estimate of drug-likeness (QED) is 0.758. The van der Waals surface area contributed by atoms with Gasteiger partial charge in [-0.25, -0.2) is 0 Å². The molecule has 0 bridgehead atoms. The van der Waals surface area contributed by atoms with Gasteiger partial charge >= 0.3 is 0 Å². The lowest BCUT2D eigenvalue weighted by Gasteiger charge is -2.09. The number of benzene rings is 2. The number of aryl methyl sites for hydroxylation is 1. The summed E-state index contributed by atoms with van der Waals surface area (Å²) in [7, 11) is 1.63. The lowest BCUT2D eigenvalue weighted by molar-refractivity contribution is -0.121. The standard InChI is InChI=1S/C20H23NO3/c1-15-7-9-16(10-8-15)18(22)11-12-20(23)21-14-13-17-5-3-4-6-19(17)24-2/h3-10H,11-14H2,1-2H3,(H,21,23). The second kappa shape index (κ2) is 8.87. The Hall–Kier alpha value is -2.62. The van der Waals surface area contributed by atoms with Gasteiger partial charge in [-0.3, -0.25) is 9.59 Å². The number of methoxy groups -OCH3 is 1. The lowest BCUT2D eigenvalue weighted by Crippen LogP contribution is -2.26. The molecule has 4 nitrogen and oxygen atoms in total. The zero-order valence-electron chi connectivity index (χ0n) is 14.2. The maximum absolute atomic E-state index is 12.0. The Labute approximate surface area is 142 Å². The van der Waals surface area contributed by atoms with Gasteiger partial charge in [0.25, 0.3) is 0 Å². The van der Waals surface area contributed by atoms with Crippen molar-refractivity contribution in [1.82, 2.24) is 5.32 Å². The highest BCUT2D eigenvalue weighted by molar-refractivity contribution is 5.97. The molecule has 0 spiro atoms. The van der Waals surface area contributed by atoms with Crippen LogP contribution in [0.25, 0.3) is 0 Å². The van der Waals surface area contributed by atoms with Gasteiger partial charge in [-0.1, -0.05) is 48.0 Å². The maximum atomic E-state index is 12.0. The van der Waals surface area contributed by atoms with E-state index in [9.17, 15) is 9.59 Å². The number of ketones is 1. The van der Waals surface area contributed by atoms with Crippen LogP contribution in [0.5, 0.6) is 5.75 Å². The van der Waals surface area contributed by atoms with E-state index < -0.39 is 0 Å². The van der Waals surface area contributed by atoms with Crippen molar-refractivity contribution in [2.45, 2.75) is 26.2 Å². The Morgan fingerprint density at radius 1 is 1.00 bits per heavy atom. The molecule has 0 aromatic heterocycles. The fourth-order valence-corrected chi connectivity index (χ4v) is 2.45. The van der Waals surface area contributed by atoms with Gasteiger partial charge in [0, 0.05) is 24.9 Å². The zero-order valence-corrected chi connectivity index (χ0v) is 14.2. The average Bonchev–Trinajstić information content (AvgIpc) is 2.60. The van der Waals surface area contributed by atoms with E-state index in [1.165, 1.54) is 0 Å². The average molecular weight is 325 g/mol. The molecule has 0 saturated carbocycles. The molecular weight excluding hydrogens is 302 g/mol.